The molecule has 0 bridgehead atoms. The summed E-state index contributed by atoms with van der Waals surface area (Å²) in [5.74, 6) is -1.61. The molecule has 148 valence electrons. The summed E-state index contributed by atoms with van der Waals surface area (Å²) in [4.78, 5) is 23.6. The topological polar surface area (TPSA) is 104 Å². The second-order valence-corrected chi connectivity index (χ2v) is 6.63. The summed E-state index contributed by atoms with van der Waals surface area (Å²) >= 11 is 0. The zero-order chi connectivity index (χ0) is 21.1. The summed E-state index contributed by atoms with van der Waals surface area (Å²) in [5, 5.41) is 23.1. The van der Waals surface area contributed by atoms with Crippen LogP contribution in [0.25, 0.3) is 5.69 Å². The standard InChI is InChI=1S/C22H21N3O4/c1-13-11-16(12-23-24-21(27)18-7-4-5-10-20(18)26)15(3)25(13)19-9-6-8-17(14(19)2)22(28)29/h4-12,26H,1-3H3,(H,24,27)(H,28,29). The minimum atomic E-state index is -0.972. The Balaban J connectivity index is 1.88. The molecule has 7 heteroatoms. The van der Waals surface area contributed by atoms with Gasteiger partial charge in [0.15, 0.2) is 0 Å². The molecule has 1 aromatic heterocycles. The van der Waals surface area contributed by atoms with Crippen LogP contribution in [-0.2, 0) is 0 Å². The van der Waals surface area contributed by atoms with Gasteiger partial charge >= 0.3 is 5.97 Å². The van der Waals surface area contributed by atoms with Gasteiger partial charge in [-0.05, 0) is 56.7 Å². The summed E-state index contributed by atoms with van der Waals surface area (Å²) < 4.78 is 1.95. The molecule has 0 aliphatic rings. The lowest BCUT2D eigenvalue weighted by Gasteiger charge is -2.14. The number of amides is 1. The van der Waals surface area contributed by atoms with Crippen LogP contribution in [0, 0.1) is 20.8 Å². The van der Waals surface area contributed by atoms with E-state index in [4.69, 9.17) is 0 Å². The third kappa shape index (κ3) is 3.89. The first kappa shape index (κ1) is 19.9. The Kier molecular flexibility index (Phi) is 5.50. The van der Waals surface area contributed by atoms with Crippen LogP contribution in [0.5, 0.6) is 5.75 Å². The molecule has 29 heavy (non-hydrogen) atoms. The average molecular weight is 391 g/mol. The van der Waals surface area contributed by atoms with Gasteiger partial charge in [0, 0.05) is 22.6 Å². The highest BCUT2D eigenvalue weighted by Gasteiger charge is 2.16. The minimum absolute atomic E-state index is 0.118. The van der Waals surface area contributed by atoms with Gasteiger partial charge in [-0.3, -0.25) is 4.79 Å². The van der Waals surface area contributed by atoms with Crippen molar-refractivity contribution in [2.45, 2.75) is 20.8 Å². The lowest BCUT2D eigenvalue weighted by molar-refractivity contribution is 0.0695. The van der Waals surface area contributed by atoms with Crippen molar-refractivity contribution in [3.05, 3.63) is 82.2 Å². The highest BCUT2D eigenvalue weighted by Crippen LogP contribution is 2.24. The van der Waals surface area contributed by atoms with Gasteiger partial charge in [-0.2, -0.15) is 5.10 Å². The van der Waals surface area contributed by atoms with Gasteiger partial charge in [-0.1, -0.05) is 18.2 Å². The van der Waals surface area contributed by atoms with E-state index < -0.39 is 11.9 Å². The van der Waals surface area contributed by atoms with Gasteiger partial charge in [-0.25, -0.2) is 10.2 Å². The van der Waals surface area contributed by atoms with E-state index in [0.29, 0.717) is 5.56 Å². The monoisotopic (exact) mass is 391 g/mol. The molecule has 0 spiro atoms. The quantitative estimate of drug-likeness (QED) is 0.457. The van der Waals surface area contributed by atoms with E-state index in [-0.39, 0.29) is 16.9 Å². The lowest BCUT2D eigenvalue weighted by atomic mass is 10.1. The molecule has 0 aliphatic carbocycles. The van der Waals surface area contributed by atoms with Gasteiger partial charge < -0.3 is 14.8 Å². The molecule has 1 amide bonds. The molecule has 7 nitrogen and oxygen atoms in total. The van der Waals surface area contributed by atoms with Crippen molar-refractivity contribution in [1.29, 1.82) is 0 Å². The van der Waals surface area contributed by atoms with Crippen LogP contribution >= 0.6 is 0 Å². The van der Waals surface area contributed by atoms with Crippen molar-refractivity contribution in [2.75, 3.05) is 0 Å². The van der Waals surface area contributed by atoms with Gasteiger partial charge in [0.25, 0.3) is 5.91 Å². The molecule has 0 aliphatic heterocycles. The molecule has 0 atom stereocenters. The number of carbonyl (C=O) groups is 2. The number of aromatic hydroxyl groups is 1. The van der Waals surface area contributed by atoms with Crippen molar-refractivity contribution in [1.82, 2.24) is 9.99 Å². The van der Waals surface area contributed by atoms with Crippen LogP contribution in [0.2, 0.25) is 0 Å². The molecule has 0 radical (unpaired) electrons. The second kappa shape index (κ2) is 8.02. The molecule has 0 saturated carbocycles. The fourth-order valence-corrected chi connectivity index (χ4v) is 3.27. The third-order valence-electron chi connectivity index (χ3n) is 4.77. The van der Waals surface area contributed by atoms with Crippen LogP contribution in [0.1, 0.15) is 43.2 Å². The summed E-state index contributed by atoms with van der Waals surface area (Å²) in [6.45, 7) is 5.59. The first-order chi connectivity index (χ1) is 13.8. The number of hydrazone groups is 1. The summed E-state index contributed by atoms with van der Waals surface area (Å²) in [6, 6.07) is 13.3. The number of carbonyl (C=O) groups excluding carboxylic acids is 1. The molecule has 2 aromatic carbocycles. The second-order valence-electron chi connectivity index (χ2n) is 6.63. The molecule has 0 unspecified atom stereocenters. The summed E-state index contributed by atoms with van der Waals surface area (Å²) in [7, 11) is 0. The fourth-order valence-electron chi connectivity index (χ4n) is 3.27. The number of hydrogen-bond acceptors (Lipinski definition) is 4. The van der Waals surface area contributed by atoms with E-state index in [1.807, 2.05) is 30.5 Å². The number of benzene rings is 2. The number of hydrogen-bond donors (Lipinski definition) is 3. The average Bonchev–Trinajstić information content (AvgIpc) is 2.95. The minimum Gasteiger partial charge on any atom is -0.507 e. The Hall–Kier alpha value is -3.87. The number of aryl methyl sites for hydroxylation is 1. The number of aromatic nitrogens is 1. The number of carboxylic acid groups (broad SMARTS) is 1. The molecule has 0 fully saturated rings. The van der Waals surface area contributed by atoms with E-state index in [2.05, 4.69) is 10.5 Å². The maximum absolute atomic E-state index is 12.1. The number of rotatable bonds is 5. The molecular formula is C22H21N3O4. The van der Waals surface area contributed by atoms with Gasteiger partial charge in [-0.15, -0.1) is 0 Å². The predicted octanol–water partition coefficient (Wildman–Crippen LogP) is 3.57. The Labute approximate surface area is 167 Å². The fraction of sp³-hybridized carbons (Fsp3) is 0.136. The lowest BCUT2D eigenvalue weighted by Crippen LogP contribution is -2.17. The molecule has 3 N–H and O–H groups in total. The van der Waals surface area contributed by atoms with Crippen LogP contribution in [0.15, 0.2) is 53.6 Å². The van der Waals surface area contributed by atoms with Crippen molar-refractivity contribution in [2.24, 2.45) is 5.10 Å². The van der Waals surface area contributed by atoms with E-state index in [1.165, 1.54) is 18.3 Å². The first-order valence-corrected chi connectivity index (χ1v) is 8.95. The largest absolute Gasteiger partial charge is 0.507 e. The molecule has 3 aromatic rings. The number of nitrogens with one attached hydrogen (secondary N) is 1. The number of nitrogens with zero attached hydrogens (tertiary/aromatic N) is 2. The van der Waals surface area contributed by atoms with Crippen LogP contribution < -0.4 is 5.43 Å². The van der Waals surface area contributed by atoms with Crippen molar-refractivity contribution in [3.63, 3.8) is 0 Å². The molecule has 0 saturated heterocycles. The zero-order valence-electron chi connectivity index (χ0n) is 16.3. The van der Waals surface area contributed by atoms with Gasteiger partial charge in [0.1, 0.15) is 5.75 Å². The maximum Gasteiger partial charge on any atom is 0.336 e. The smallest absolute Gasteiger partial charge is 0.336 e. The molecule has 1 heterocycles. The Morgan fingerprint density at radius 3 is 2.41 bits per heavy atom. The molecule has 3 rings (SSSR count). The summed E-state index contributed by atoms with van der Waals surface area (Å²) in [6.07, 6.45) is 1.52. The Morgan fingerprint density at radius 1 is 1.03 bits per heavy atom. The highest BCUT2D eigenvalue weighted by atomic mass is 16.4. The van der Waals surface area contributed by atoms with Gasteiger partial charge in [0.2, 0.25) is 0 Å². The number of phenolic OH excluding ortho intramolecular Hbond substituents is 1. The maximum atomic E-state index is 12.1. The first-order valence-electron chi connectivity index (χ1n) is 8.95. The van der Waals surface area contributed by atoms with Crippen molar-refractivity contribution >= 4 is 18.1 Å². The van der Waals surface area contributed by atoms with Crippen LogP contribution in [0.3, 0.4) is 0 Å². The van der Waals surface area contributed by atoms with E-state index >= 15 is 0 Å². The Bertz CT molecular complexity index is 1130. The number of para-hydroxylation sites is 1. The third-order valence-corrected chi connectivity index (χ3v) is 4.77. The van der Waals surface area contributed by atoms with Crippen molar-refractivity contribution < 1.29 is 19.8 Å². The predicted molar refractivity (Wildman–Crippen MR) is 110 cm³/mol. The highest BCUT2D eigenvalue weighted by molar-refractivity contribution is 5.97. The van der Waals surface area contributed by atoms with Gasteiger partial charge in [0.05, 0.1) is 17.3 Å². The van der Waals surface area contributed by atoms with E-state index in [9.17, 15) is 19.8 Å². The summed E-state index contributed by atoms with van der Waals surface area (Å²) in [5.41, 5.74) is 6.77. The number of carboxylic acids is 1. The number of aromatic carboxylic acids is 1. The Morgan fingerprint density at radius 2 is 1.72 bits per heavy atom. The molecular weight excluding hydrogens is 370 g/mol. The van der Waals surface area contributed by atoms with E-state index in [0.717, 1.165) is 22.6 Å². The normalized spacial score (nSPS) is 11.0. The number of phenols is 1. The van der Waals surface area contributed by atoms with Crippen LogP contribution in [0.4, 0.5) is 0 Å². The van der Waals surface area contributed by atoms with Crippen LogP contribution in [-0.4, -0.2) is 32.9 Å². The van der Waals surface area contributed by atoms with E-state index in [1.54, 1.807) is 31.2 Å². The zero-order valence-corrected chi connectivity index (χ0v) is 16.3. The van der Waals surface area contributed by atoms with Crippen molar-refractivity contribution in [3.8, 4) is 11.4 Å². The SMILES string of the molecule is Cc1c(C(=O)O)cccc1-n1c(C)cc(C=NNC(=O)c2ccccc2O)c1C.